The first kappa shape index (κ1) is 10.5. The molecular weight excluding hydrogens is 218 g/mol. The minimum Gasteiger partial charge on any atom is -0.469 e. The van der Waals surface area contributed by atoms with Crippen molar-refractivity contribution in [3.05, 3.63) is 35.9 Å². The van der Waals surface area contributed by atoms with Crippen molar-refractivity contribution >= 4 is 0 Å². The number of rotatable bonds is 3. The summed E-state index contributed by atoms with van der Waals surface area (Å²) in [6.45, 7) is 1.03. The van der Waals surface area contributed by atoms with Gasteiger partial charge >= 0.3 is 0 Å². The second-order valence-electron chi connectivity index (χ2n) is 4.31. The maximum absolute atomic E-state index is 5.29. The second-order valence-corrected chi connectivity index (χ2v) is 4.31. The Morgan fingerprint density at radius 3 is 3.18 bits per heavy atom. The Kier molecular flexibility index (Phi) is 2.92. The van der Waals surface area contributed by atoms with Gasteiger partial charge in [0.2, 0.25) is 5.89 Å². The summed E-state index contributed by atoms with van der Waals surface area (Å²) in [5.41, 5.74) is 0. The fraction of sp³-hybridized carbons (Fsp3) is 0.500. The molecule has 0 spiro atoms. The SMILES string of the molecule is c1coc(Cc2noc(C3CCCCN3)n2)c1. The van der Waals surface area contributed by atoms with Gasteiger partial charge in [0.05, 0.1) is 18.7 Å². The Morgan fingerprint density at radius 2 is 2.41 bits per heavy atom. The monoisotopic (exact) mass is 233 g/mol. The zero-order valence-electron chi connectivity index (χ0n) is 9.56. The molecule has 1 unspecified atom stereocenters. The van der Waals surface area contributed by atoms with E-state index in [1.807, 2.05) is 12.1 Å². The topological polar surface area (TPSA) is 64.1 Å². The molecule has 0 saturated carbocycles. The standard InChI is InChI=1S/C12H15N3O2/c1-2-6-13-10(5-1)12-14-11(15-17-12)8-9-4-3-7-16-9/h3-4,7,10,13H,1-2,5-6,8H2. The van der Waals surface area contributed by atoms with Crippen molar-refractivity contribution in [2.24, 2.45) is 0 Å². The Hall–Kier alpha value is -1.62. The average Bonchev–Trinajstić information content (AvgIpc) is 3.02. The van der Waals surface area contributed by atoms with Crippen molar-refractivity contribution in [3.8, 4) is 0 Å². The number of piperidine rings is 1. The van der Waals surface area contributed by atoms with Gasteiger partial charge in [0.15, 0.2) is 5.82 Å². The van der Waals surface area contributed by atoms with E-state index < -0.39 is 0 Å². The molecule has 1 saturated heterocycles. The first-order valence-corrected chi connectivity index (χ1v) is 6.00. The van der Waals surface area contributed by atoms with E-state index in [2.05, 4.69) is 15.5 Å². The number of nitrogens with one attached hydrogen (secondary N) is 1. The molecule has 0 bridgehead atoms. The van der Waals surface area contributed by atoms with Gasteiger partial charge in [-0.3, -0.25) is 0 Å². The van der Waals surface area contributed by atoms with Crippen LogP contribution in [0.3, 0.4) is 0 Å². The maximum atomic E-state index is 5.29. The summed E-state index contributed by atoms with van der Waals surface area (Å²) < 4.78 is 10.5. The molecule has 2 aromatic rings. The van der Waals surface area contributed by atoms with Crippen LogP contribution in [-0.4, -0.2) is 16.7 Å². The summed E-state index contributed by atoms with van der Waals surface area (Å²) in [6.07, 6.45) is 5.75. The van der Waals surface area contributed by atoms with E-state index in [1.165, 1.54) is 12.8 Å². The molecule has 1 N–H and O–H groups in total. The van der Waals surface area contributed by atoms with Gasteiger partial charge in [0.25, 0.3) is 0 Å². The van der Waals surface area contributed by atoms with Gasteiger partial charge in [-0.2, -0.15) is 4.98 Å². The summed E-state index contributed by atoms with van der Waals surface area (Å²) in [7, 11) is 0. The van der Waals surface area contributed by atoms with Crippen LogP contribution < -0.4 is 5.32 Å². The van der Waals surface area contributed by atoms with Crippen molar-refractivity contribution < 1.29 is 8.94 Å². The van der Waals surface area contributed by atoms with Gasteiger partial charge in [-0.25, -0.2) is 0 Å². The molecule has 90 valence electrons. The smallest absolute Gasteiger partial charge is 0.243 e. The van der Waals surface area contributed by atoms with Crippen LogP contribution in [0.4, 0.5) is 0 Å². The third kappa shape index (κ3) is 2.39. The van der Waals surface area contributed by atoms with Gasteiger partial charge in [0.1, 0.15) is 5.76 Å². The molecule has 3 heterocycles. The molecule has 1 aliphatic heterocycles. The van der Waals surface area contributed by atoms with Crippen LogP contribution in [0.2, 0.25) is 0 Å². The number of hydrogen-bond acceptors (Lipinski definition) is 5. The van der Waals surface area contributed by atoms with E-state index in [1.54, 1.807) is 6.26 Å². The first-order chi connectivity index (χ1) is 8.42. The molecule has 2 aromatic heterocycles. The first-order valence-electron chi connectivity index (χ1n) is 6.00. The Labute approximate surface area is 99.2 Å². The Morgan fingerprint density at radius 1 is 1.41 bits per heavy atom. The van der Waals surface area contributed by atoms with Crippen molar-refractivity contribution in [2.75, 3.05) is 6.54 Å². The fourth-order valence-corrected chi connectivity index (χ4v) is 2.11. The van der Waals surface area contributed by atoms with Gasteiger partial charge in [-0.1, -0.05) is 11.6 Å². The summed E-state index contributed by atoms with van der Waals surface area (Å²) in [5.74, 6) is 2.24. The Bertz CT molecular complexity index is 458. The molecule has 1 aliphatic rings. The van der Waals surface area contributed by atoms with E-state index in [-0.39, 0.29) is 6.04 Å². The van der Waals surface area contributed by atoms with E-state index in [0.29, 0.717) is 18.1 Å². The van der Waals surface area contributed by atoms with E-state index in [0.717, 1.165) is 18.7 Å². The highest BCUT2D eigenvalue weighted by atomic mass is 16.5. The predicted molar refractivity (Wildman–Crippen MR) is 60.4 cm³/mol. The van der Waals surface area contributed by atoms with Crippen molar-refractivity contribution in [1.82, 2.24) is 15.5 Å². The lowest BCUT2D eigenvalue weighted by Crippen LogP contribution is -2.27. The highest BCUT2D eigenvalue weighted by Crippen LogP contribution is 2.21. The van der Waals surface area contributed by atoms with Crippen molar-refractivity contribution in [2.45, 2.75) is 31.7 Å². The molecule has 5 nitrogen and oxygen atoms in total. The molecule has 5 heteroatoms. The van der Waals surface area contributed by atoms with E-state index in [4.69, 9.17) is 8.94 Å². The number of aromatic nitrogens is 2. The van der Waals surface area contributed by atoms with Crippen LogP contribution >= 0.6 is 0 Å². The van der Waals surface area contributed by atoms with Crippen LogP contribution in [0.15, 0.2) is 27.3 Å². The minimum atomic E-state index is 0.224. The molecular formula is C12H15N3O2. The van der Waals surface area contributed by atoms with E-state index in [9.17, 15) is 0 Å². The lowest BCUT2D eigenvalue weighted by molar-refractivity contribution is 0.296. The second kappa shape index (κ2) is 4.71. The van der Waals surface area contributed by atoms with Gasteiger partial charge in [-0.15, -0.1) is 0 Å². The lowest BCUT2D eigenvalue weighted by Gasteiger charge is -2.19. The number of furan rings is 1. The predicted octanol–water partition coefficient (Wildman–Crippen LogP) is 2.07. The van der Waals surface area contributed by atoms with Gasteiger partial charge in [-0.05, 0) is 31.5 Å². The molecule has 3 rings (SSSR count). The van der Waals surface area contributed by atoms with Crippen LogP contribution in [0.1, 0.15) is 42.8 Å². The third-order valence-electron chi connectivity index (χ3n) is 3.00. The van der Waals surface area contributed by atoms with Crippen molar-refractivity contribution in [1.29, 1.82) is 0 Å². The lowest BCUT2D eigenvalue weighted by atomic mass is 10.1. The van der Waals surface area contributed by atoms with Crippen molar-refractivity contribution in [3.63, 3.8) is 0 Å². The average molecular weight is 233 g/mol. The minimum absolute atomic E-state index is 0.224. The molecule has 1 atom stereocenters. The quantitative estimate of drug-likeness (QED) is 0.879. The summed E-state index contributed by atoms with van der Waals surface area (Å²) in [5, 5.41) is 7.37. The van der Waals surface area contributed by atoms with Gasteiger partial charge in [0, 0.05) is 0 Å². The fourth-order valence-electron chi connectivity index (χ4n) is 2.11. The van der Waals surface area contributed by atoms with E-state index >= 15 is 0 Å². The summed E-state index contributed by atoms with van der Waals surface area (Å²) in [4.78, 5) is 4.41. The van der Waals surface area contributed by atoms with Crippen LogP contribution in [0.25, 0.3) is 0 Å². The molecule has 0 amide bonds. The molecule has 0 aliphatic carbocycles. The van der Waals surface area contributed by atoms with Crippen LogP contribution in [0.5, 0.6) is 0 Å². The molecule has 0 radical (unpaired) electrons. The van der Waals surface area contributed by atoms with Crippen LogP contribution in [-0.2, 0) is 6.42 Å². The maximum Gasteiger partial charge on any atom is 0.243 e. The summed E-state index contributed by atoms with van der Waals surface area (Å²) in [6, 6.07) is 4.00. The zero-order valence-corrected chi connectivity index (χ0v) is 9.56. The largest absolute Gasteiger partial charge is 0.469 e. The molecule has 0 aromatic carbocycles. The Balaban J connectivity index is 1.69. The normalized spacial score (nSPS) is 20.6. The highest BCUT2D eigenvalue weighted by Gasteiger charge is 2.21. The van der Waals surface area contributed by atoms with Crippen LogP contribution in [0, 0.1) is 0 Å². The zero-order chi connectivity index (χ0) is 11.5. The summed E-state index contributed by atoms with van der Waals surface area (Å²) >= 11 is 0. The molecule has 1 fully saturated rings. The number of nitrogens with zero attached hydrogens (tertiary/aromatic N) is 2. The highest BCUT2D eigenvalue weighted by molar-refractivity contribution is 5.06. The third-order valence-corrected chi connectivity index (χ3v) is 3.00. The van der Waals surface area contributed by atoms with Gasteiger partial charge < -0.3 is 14.3 Å². The number of hydrogen-bond donors (Lipinski definition) is 1. The molecule has 17 heavy (non-hydrogen) atoms.